The highest BCUT2D eigenvalue weighted by atomic mass is 16.5. The number of carbonyl (C=O) groups excluding carboxylic acids is 2. The van der Waals surface area contributed by atoms with Gasteiger partial charge in [0.1, 0.15) is 5.69 Å². The summed E-state index contributed by atoms with van der Waals surface area (Å²) in [5.41, 5.74) is 3.00. The number of benzene rings is 1. The zero-order valence-electron chi connectivity index (χ0n) is 13.3. The Morgan fingerprint density at radius 3 is 2.41 bits per heavy atom. The van der Waals surface area contributed by atoms with Crippen molar-refractivity contribution in [3.63, 3.8) is 0 Å². The van der Waals surface area contributed by atoms with E-state index in [0.717, 1.165) is 5.69 Å². The van der Waals surface area contributed by atoms with Gasteiger partial charge < -0.3 is 14.6 Å². The van der Waals surface area contributed by atoms with Crippen molar-refractivity contribution in [2.45, 2.75) is 20.8 Å². The zero-order valence-corrected chi connectivity index (χ0v) is 13.3. The van der Waals surface area contributed by atoms with Gasteiger partial charge >= 0.3 is 5.97 Å². The van der Waals surface area contributed by atoms with Crippen LogP contribution in [0.5, 0.6) is 0 Å². The molecule has 0 saturated heterocycles. The van der Waals surface area contributed by atoms with Crippen LogP contribution >= 0.6 is 0 Å². The van der Waals surface area contributed by atoms with Crippen LogP contribution in [0.1, 0.15) is 39.0 Å². The molecule has 0 bridgehead atoms. The summed E-state index contributed by atoms with van der Waals surface area (Å²) in [6.45, 7) is 5.63. The molecule has 0 aliphatic heterocycles. The Hall–Kier alpha value is -2.56. The van der Waals surface area contributed by atoms with Gasteiger partial charge in [-0.2, -0.15) is 0 Å². The van der Waals surface area contributed by atoms with Gasteiger partial charge in [0.25, 0.3) is 5.91 Å². The Labute approximate surface area is 129 Å². The predicted octanol–water partition coefficient (Wildman–Crippen LogP) is 3.07. The molecule has 1 heterocycles. The minimum atomic E-state index is -0.413. The van der Waals surface area contributed by atoms with Crippen LogP contribution in [0.15, 0.2) is 30.3 Å². The van der Waals surface area contributed by atoms with Crippen LogP contribution in [0.3, 0.4) is 0 Å². The summed E-state index contributed by atoms with van der Waals surface area (Å²) in [4.78, 5) is 24.6. The SMILES string of the molecule is CCOC(=O)c1c(C)c(C(=O)Nc2ccccc2)c(C)n1C. The van der Waals surface area contributed by atoms with Gasteiger partial charge in [0, 0.05) is 18.4 Å². The van der Waals surface area contributed by atoms with Gasteiger partial charge in [0.15, 0.2) is 0 Å². The van der Waals surface area contributed by atoms with E-state index in [1.165, 1.54) is 0 Å². The topological polar surface area (TPSA) is 60.3 Å². The van der Waals surface area contributed by atoms with Crippen LogP contribution in [0, 0.1) is 13.8 Å². The molecule has 5 heteroatoms. The van der Waals surface area contributed by atoms with Crippen molar-refractivity contribution in [2.75, 3.05) is 11.9 Å². The number of rotatable bonds is 4. The second-order valence-electron chi connectivity index (χ2n) is 5.03. The summed E-state index contributed by atoms with van der Waals surface area (Å²) < 4.78 is 6.77. The molecule has 2 aromatic rings. The zero-order chi connectivity index (χ0) is 16.3. The fourth-order valence-electron chi connectivity index (χ4n) is 2.52. The summed E-state index contributed by atoms with van der Waals surface area (Å²) in [7, 11) is 1.76. The maximum atomic E-state index is 12.5. The third kappa shape index (κ3) is 2.88. The summed E-state index contributed by atoms with van der Waals surface area (Å²) >= 11 is 0. The van der Waals surface area contributed by atoms with E-state index in [-0.39, 0.29) is 5.91 Å². The van der Waals surface area contributed by atoms with E-state index in [0.29, 0.717) is 29.1 Å². The molecule has 0 fully saturated rings. The summed E-state index contributed by atoms with van der Waals surface area (Å²) in [6, 6.07) is 9.22. The van der Waals surface area contributed by atoms with Crippen molar-refractivity contribution in [3.8, 4) is 0 Å². The van der Waals surface area contributed by atoms with Crippen LogP contribution in [0.4, 0.5) is 5.69 Å². The molecule has 0 aliphatic carbocycles. The van der Waals surface area contributed by atoms with E-state index in [9.17, 15) is 9.59 Å². The lowest BCUT2D eigenvalue weighted by Crippen LogP contribution is -2.14. The standard InChI is InChI=1S/C17H20N2O3/c1-5-22-17(21)15-11(2)14(12(3)19(15)4)16(20)18-13-9-7-6-8-10-13/h6-10H,5H2,1-4H3,(H,18,20). The number of esters is 1. The second kappa shape index (κ2) is 6.47. The van der Waals surface area contributed by atoms with Crippen LogP contribution < -0.4 is 5.32 Å². The lowest BCUT2D eigenvalue weighted by atomic mass is 10.1. The number of anilines is 1. The number of para-hydroxylation sites is 1. The third-order valence-corrected chi connectivity index (χ3v) is 3.66. The first kappa shape index (κ1) is 15.8. The average Bonchev–Trinajstić information content (AvgIpc) is 2.70. The molecule has 0 saturated carbocycles. The van der Waals surface area contributed by atoms with E-state index in [1.54, 1.807) is 25.5 Å². The van der Waals surface area contributed by atoms with Gasteiger partial charge in [-0.3, -0.25) is 4.79 Å². The van der Waals surface area contributed by atoms with E-state index >= 15 is 0 Å². The molecule has 0 radical (unpaired) electrons. The van der Waals surface area contributed by atoms with Gasteiger partial charge in [-0.05, 0) is 38.5 Å². The first-order chi connectivity index (χ1) is 10.5. The minimum absolute atomic E-state index is 0.229. The fourth-order valence-corrected chi connectivity index (χ4v) is 2.52. The first-order valence-corrected chi connectivity index (χ1v) is 7.16. The van der Waals surface area contributed by atoms with Gasteiger partial charge in [-0.15, -0.1) is 0 Å². The van der Waals surface area contributed by atoms with Gasteiger partial charge in [0.05, 0.1) is 12.2 Å². The Balaban J connectivity index is 2.37. The van der Waals surface area contributed by atoms with Crippen LogP contribution in [-0.4, -0.2) is 23.1 Å². The number of nitrogens with one attached hydrogen (secondary N) is 1. The van der Waals surface area contributed by atoms with E-state index in [1.807, 2.05) is 37.3 Å². The lowest BCUT2D eigenvalue weighted by molar-refractivity contribution is 0.0514. The Morgan fingerprint density at radius 2 is 1.82 bits per heavy atom. The monoisotopic (exact) mass is 300 g/mol. The Bertz CT molecular complexity index is 702. The number of ether oxygens (including phenoxy) is 1. The van der Waals surface area contributed by atoms with E-state index in [2.05, 4.69) is 5.32 Å². The molecule has 1 aromatic heterocycles. The molecule has 22 heavy (non-hydrogen) atoms. The van der Waals surface area contributed by atoms with E-state index in [4.69, 9.17) is 4.74 Å². The molecule has 5 nitrogen and oxygen atoms in total. The number of amides is 1. The van der Waals surface area contributed by atoms with Crippen molar-refractivity contribution >= 4 is 17.6 Å². The van der Waals surface area contributed by atoms with E-state index < -0.39 is 5.97 Å². The highest BCUT2D eigenvalue weighted by molar-refractivity contribution is 6.08. The number of hydrogen-bond acceptors (Lipinski definition) is 3. The molecule has 0 aliphatic rings. The molecule has 2 rings (SSSR count). The quantitative estimate of drug-likeness (QED) is 0.883. The molecule has 0 spiro atoms. The summed E-state index contributed by atoms with van der Waals surface area (Å²) in [5, 5.41) is 2.85. The van der Waals surface area contributed by atoms with Gasteiger partial charge in [-0.25, -0.2) is 4.79 Å². The van der Waals surface area contributed by atoms with Crippen molar-refractivity contribution in [1.82, 2.24) is 4.57 Å². The Morgan fingerprint density at radius 1 is 1.18 bits per heavy atom. The largest absolute Gasteiger partial charge is 0.461 e. The smallest absolute Gasteiger partial charge is 0.355 e. The molecular formula is C17H20N2O3. The van der Waals surface area contributed by atoms with Crippen molar-refractivity contribution < 1.29 is 14.3 Å². The van der Waals surface area contributed by atoms with Crippen LogP contribution in [0.2, 0.25) is 0 Å². The normalized spacial score (nSPS) is 10.4. The minimum Gasteiger partial charge on any atom is -0.461 e. The molecule has 0 unspecified atom stereocenters. The average molecular weight is 300 g/mol. The number of aromatic nitrogens is 1. The Kier molecular flexibility index (Phi) is 4.65. The number of nitrogens with zero attached hydrogens (tertiary/aromatic N) is 1. The van der Waals surface area contributed by atoms with Crippen molar-refractivity contribution in [3.05, 3.63) is 52.8 Å². The molecular weight excluding hydrogens is 280 g/mol. The van der Waals surface area contributed by atoms with Crippen LogP contribution in [0.25, 0.3) is 0 Å². The molecule has 1 amide bonds. The first-order valence-electron chi connectivity index (χ1n) is 7.16. The molecule has 116 valence electrons. The second-order valence-corrected chi connectivity index (χ2v) is 5.03. The fraction of sp³-hybridized carbons (Fsp3) is 0.294. The highest BCUT2D eigenvalue weighted by Gasteiger charge is 2.25. The number of hydrogen-bond donors (Lipinski definition) is 1. The molecule has 1 aromatic carbocycles. The highest BCUT2D eigenvalue weighted by Crippen LogP contribution is 2.23. The van der Waals surface area contributed by atoms with Gasteiger partial charge in [-0.1, -0.05) is 18.2 Å². The van der Waals surface area contributed by atoms with Gasteiger partial charge in [0.2, 0.25) is 0 Å². The lowest BCUT2D eigenvalue weighted by Gasteiger charge is -2.06. The maximum absolute atomic E-state index is 12.5. The van der Waals surface area contributed by atoms with Crippen molar-refractivity contribution in [1.29, 1.82) is 0 Å². The van der Waals surface area contributed by atoms with Crippen molar-refractivity contribution in [2.24, 2.45) is 7.05 Å². The molecule has 1 N–H and O–H groups in total. The summed E-state index contributed by atoms with van der Waals surface area (Å²) in [6.07, 6.45) is 0. The maximum Gasteiger partial charge on any atom is 0.355 e. The third-order valence-electron chi connectivity index (χ3n) is 3.66. The summed E-state index contributed by atoms with van der Waals surface area (Å²) in [5.74, 6) is -0.642. The number of carbonyl (C=O) groups is 2. The molecule has 0 atom stereocenters. The van der Waals surface area contributed by atoms with Crippen LogP contribution in [-0.2, 0) is 11.8 Å². The predicted molar refractivity (Wildman–Crippen MR) is 85.2 cm³/mol.